The Hall–Kier alpha value is -2.41. The van der Waals surface area contributed by atoms with Crippen LogP contribution in [-0.4, -0.2) is 29.1 Å². The molecule has 0 atom stereocenters. The van der Waals surface area contributed by atoms with E-state index in [1.54, 1.807) is 23.6 Å². The zero-order chi connectivity index (χ0) is 14.5. The largest absolute Gasteiger partial charge is 0.495 e. The highest BCUT2D eigenvalue weighted by molar-refractivity contribution is 7.12. The van der Waals surface area contributed by atoms with E-state index in [0.717, 1.165) is 0 Å². The molecule has 20 heavy (non-hydrogen) atoms. The molecule has 0 saturated carbocycles. The number of carbonyl (C=O) groups excluding carboxylic acids is 1. The first-order valence-corrected chi connectivity index (χ1v) is 6.57. The highest BCUT2D eigenvalue weighted by atomic mass is 32.1. The standard InChI is InChI=1S/C13H12N2O4S/c1-19-10-4-5-20-12(10)13(18)15-9-3-2-8(14-7-9)6-11(16)17/h2-5,7H,6H2,1H3,(H,15,18)(H,16,17). The zero-order valence-corrected chi connectivity index (χ0v) is 11.4. The van der Waals surface area contributed by atoms with Gasteiger partial charge in [-0.2, -0.15) is 0 Å². The van der Waals surface area contributed by atoms with Crippen LogP contribution < -0.4 is 10.1 Å². The minimum atomic E-state index is -0.947. The first kappa shape index (κ1) is 14.0. The topological polar surface area (TPSA) is 88.5 Å². The molecular formula is C13H12N2O4S. The van der Waals surface area contributed by atoms with E-state index in [2.05, 4.69) is 10.3 Å². The fraction of sp³-hybridized carbons (Fsp3) is 0.154. The molecule has 2 aromatic rings. The monoisotopic (exact) mass is 292 g/mol. The normalized spacial score (nSPS) is 10.1. The van der Waals surface area contributed by atoms with Crippen LogP contribution in [0.2, 0.25) is 0 Å². The van der Waals surface area contributed by atoms with Crippen molar-refractivity contribution in [2.45, 2.75) is 6.42 Å². The third-order valence-corrected chi connectivity index (χ3v) is 3.36. The fourth-order valence-electron chi connectivity index (χ4n) is 1.57. The lowest BCUT2D eigenvalue weighted by Crippen LogP contribution is -2.12. The van der Waals surface area contributed by atoms with Crippen LogP contribution in [0.25, 0.3) is 0 Å². The number of anilines is 1. The summed E-state index contributed by atoms with van der Waals surface area (Å²) >= 11 is 1.28. The summed E-state index contributed by atoms with van der Waals surface area (Å²) in [5, 5.41) is 13.1. The molecule has 2 rings (SSSR count). The van der Waals surface area contributed by atoms with Crippen molar-refractivity contribution in [1.82, 2.24) is 4.98 Å². The number of hydrogen-bond donors (Lipinski definition) is 2. The first-order chi connectivity index (χ1) is 9.60. The maximum atomic E-state index is 12.0. The average molecular weight is 292 g/mol. The number of carbonyl (C=O) groups is 2. The van der Waals surface area contributed by atoms with Crippen LogP contribution in [0, 0.1) is 0 Å². The molecule has 1 amide bonds. The van der Waals surface area contributed by atoms with Gasteiger partial charge in [-0.3, -0.25) is 14.6 Å². The second kappa shape index (κ2) is 6.16. The highest BCUT2D eigenvalue weighted by Gasteiger charge is 2.14. The molecule has 0 fully saturated rings. The van der Waals surface area contributed by atoms with Crippen molar-refractivity contribution >= 4 is 28.9 Å². The van der Waals surface area contributed by atoms with Gasteiger partial charge in [-0.25, -0.2) is 0 Å². The third-order valence-electron chi connectivity index (χ3n) is 2.47. The number of ether oxygens (including phenoxy) is 1. The molecule has 2 N–H and O–H groups in total. The molecule has 6 nitrogen and oxygen atoms in total. The van der Waals surface area contributed by atoms with Gasteiger partial charge in [-0.1, -0.05) is 0 Å². The Morgan fingerprint density at radius 2 is 2.20 bits per heavy atom. The Bertz CT molecular complexity index is 622. The van der Waals surface area contributed by atoms with E-state index in [-0.39, 0.29) is 12.3 Å². The lowest BCUT2D eigenvalue weighted by atomic mass is 10.2. The van der Waals surface area contributed by atoms with Gasteiger partial charge in [0.05, 0.1) is 31.1 Å². The molecule has 0 spiro atoms. The summed E-state index contributed by atoms with van der Waals surface area (Å²) in [4.78, 5) is 27.0. The molecule has 0 aliphatic heterocycles. The Balaban J connectivity index is 2.06. The predicted molar refractivity (Wildman–Crippen MR) is 74.4 cm³/mol. The van der Waals surface area contributed by atoms with Gasteiger partial charge in [0.15, 0.2) is 0 Å². The number of carboxylic acids is 1. The van der Waals surface area contributed by atoms with E-state index in [9.17, 15) is 9.59 Å². The SMILES string of the molecule is COc1ccsc1C(=O)Nc1ccc(CC(=O)O)nc1. The van der Waals surface area contributed by atoms with Crippen LogP contribution >= 0.6 is 11.3 Å². The van der Waals surface area contributed by atoms with Crippen molar-refractivity contribution in [3.05, 3.63) is 40.3 Å². The van der Waals surface area contributed by atoms with Crippen LogP contribution in [0.15, 0.2) is 29.8 Å². The molecule has 2 aromatic heterocycles. The summed E-state index contributed by atoms with van der Waals surface area (Å²) in [6.45, 7) is 0. The summed E-state index contributed by atoms with van der Waals surface area (Å²) < 4.78 is 5.08. The van der Waals surface area contributed by atoms with Gasteiger partial charge >= 0.3 is 5.97 Å². The van der Waals surface area contributed by atoms with Gasteiger partial charge in [0, 0.05) is 0 Å². The number of nitrogens with one attached hydrogen (secondary N) is 1. The number of pyridine rings is 1. The highest BCUT2D eigenvalue weighted by Crippen LogP contribution is 2.25. The number of hydrogen-bond acceptors (Lipinski definition) is 5. The smallest absolute Gasteiger partial charge is 0.309 e. The quantitative estimate of drug-likeness (QED) is 0.880. The van der Waals surface area contributed by atoms with E-state index in [0.29, 0.717) is 22.0 Å². The van der Waals surface area contributed by atoms with Crippen molar-refractivity contribution in [1.29, 1.82) is 0 Å². The fourth-order valence-corrected chi connectivity index (χ4v) is 2.32. The number of amides is 1. The Kier molecular flexibility index (Phi) is 4.31. The molecule has 0 aliphatic carbocycles. The van der Waals surface area contributed by atoms with E-state index in [1.165, 1.54) is 24.6 Å². The lowest BCUT2D eigenvalue weighted by Gasteiger charge is -2.05. The van der Waals surface area contributed by atoms with Gasteiger partial charge in [0.25, 0.3) is 5.91 Å². The summed E-state index contributed by atoms with van der Waals surface area (Å²) in [5.74, 6) is -0.717. The van der Waals surface area contributed by atoms with Crippen molar-refractivity contribution in [3.63, 3.8) is 0 Å². The second-order valence-electron chi connectivity index (χ2n) is 3.88. The van der Waals surface area contributed by atoms with E-state index < -0.39 is 5.97 Å². The van der Waals surface area contributed by atoms with Crippen LogP contribution in [0.4, 0.5) is 5.69 Å². The molecule has 0 radical (unpaired) electrons. The molecule has 104 valence electrons. The lowest BCUT2D eigenvalue weighted by molar-refractivity contribution is -0.136. The minimum absolute atomic E-state index is 0.146. The molecule has 7 heteroatoms. The number of aromatic nitrogens is 1. The number of rotatable bonds is 5. The van der Waals surface area contributed by atoms with Crippen molar-refractivity contribution < 1.29 is 19.4 Å². The summed E-state index contributed by atoms with van der Waals surface area (Å²) in [7, 11) is 1.50. The van der Waals surface area contributed by atoms with Gasteiger partial charge in [0.2, 0.25) is 0 Å². The molecule has 0 unspecified atom stereocenters. The summed E-state index contributed by atoms with van der Waals surface area (Å²) in [6.07, 6.45) is 1.28. The average Bonchev–Trinajstić information content (AvgIpc) is 2.89. The number of carboxylic acid groups (broad SMARTS) is 1. The van der Waals surface area contributed by atoms with Crippen LogP contribution in [0.1, 0.15) is 15.4 Å². The van der Waals surface area contributed by atoms with E-state index in [1.807, 2.05) is 0 Å². The van der Waals surface area contributed by atoms with Gasteiger partial charge < -0.3 is 15.2 Å². The maximum Gasteiger partial charge on any atom is 0.309 e. The maximum absolute atomic E-state index is 12.0. The van der Waals surface area contributed by atoms with Crippen LogP contribution in [0.5, 0.6) is 5.75 Å². The molecule has 0 bridgehead atoms. The third kappa shape index (κ3) is 3.33. The van der Waals surface area contributed by atoms with E-state index in [4.69, 9.17) is 9.84 Å². The van der Waals surface area contributed by atoms with Crippen molar-refractivity contribution in [2.75, 3.05) is 12.4 Å². The first-order valence-electron chi connectivity index (χ1n) is 5.69. The molecule has 2 heterocycles. The van der Waals surface area contributed by atoms with Crippen LogP contribution in [-0.2, 0) is 11.2 Å². The summed E-state index contributed by atoms with van der Waals surface area (Å²) in [6, 6.07) is 4.90. The molecule has 0 saturated heterocycles. The number of thiophene rings is 1. The van der Waals surface area contributed by atoms with Gasteiger partial charge in [-0.15, -0.1) is 11.3 Å². The Labute approximate surface area is 119 Å². The van der Waals surface area contributed by atoms with E-state index >= 15 is 0 Å². The van der Waals surface area contributed by atoms with Crippen LogP contribution in [0.3, 0.4) is 0 Å². The number of aliphatic carboxylic acids is 1. The van der Waals surface area contributed by atoms with Gasteiger partial charge in [-0.05, 0) is 23.6 Å². The molecule has 0 aromatic carbocycles. The molecule has 0 aliphatic rings. The second-order valence-corrected chi connectivity index (χ2v) is 4.80. The van der Waals surface area contributed by atoms with Crippen molar-refractivity contribution in [3.8, 4) is 5.75 Å². The minimum Gasteiger partial charge on any atom is -0.495 e. The Morgan fingerprint density at radius 1 is 1.40 bits per heavy atom. The zero-order valence-electron chi connectivity index (χ0n) is 10.6. The summed E-state index contributed by atoms with van der Waals surface area (Å²) in [5.41, 5.74) is 0.934. The molecular weight excluding hydrogens is 280 g/mol. The van der Waals surface area contributed by atoms with Crippen molar-refractivity contribution in [2.24, 2.45) is 0 Å². The number of nitrogens with zero attached hydrogens (tertiary/aromatic N) is 1. The Morgan fingerprint density at radius 3 is 2.80 bits per heavy atom. The van der Waals surface area contributed by atoms with Gasteiger partial charge in [0.1, 0.15) is 10.6 Å². The predicted octanol–water partition coefficient (Wildman–Crippen LogP) is 2.03. The number of methoxy groups -OCH3 is 1.